The SMILES string of the molecule is Cc1noc(C)c1CCC(=O)N1CCN(C2CCCCC2)CC1. The van der Waals surface area contributed by atoms with Gasteiger partial charge in [-0.25, -0.2) is 0 Å². The fourth-order valence-electron chi connectivity index (χ4n) is 4.03. The summed E-state index contributed by atoms with van der Waals surface area (Å²) < 4.78 is 5.17. The van der Waals surface area contributed by atoms with Crippen LogP contribution in [-0.2, 0) is 11.2 Å². The van der Waals surface area contributed by atoms with E-state index in [4.69, 9.17) is 4.52 Å². The summed E-state index contributed by atoms with van der Waals surface area (Å²) in [4.78, 5) is 17.1. The number of nitrogens with zero attached hydrogens (tertiary/aromatic N) is 3. The molecule has 2 fully saturated rings. The normalized spacial score (nSPS) is 20.9. The highest BCUT2D eigenvalue weighted by atomic mass is 16.5. The summed E-state index contributed by atoms with van der Waals surface area (Å²) in [5.74, 6) is 1.12. The van der Waals surface area contributed by atoms with E-state index in [1.165, 1.54) is 32.1 Å². The standard InChI is InChI=1S/C18H29N3O2/c1-14-17(15(2)23-19-14)8-9-18(22)21-12-10-20(11-13-21)16-6-4-3-5-7-16/h16H,3-13H2,1-2H3. The first-order chi connectivity index (χ1) is 11.1. The summed E-state index contributed by atoms with van der Waals surface area (Å²) in [5.41, 5.74) is 2.01. The van der Waals surface area contributed by atoms with Gasteiger partial charge < -0.3 is 9.42 Å². The van der Waals surface area contributed by atoms with Gasteiger partial charge in [0.25, 0.3) is 0 Å². The van der Waals surface area contributed by atoms with Gasteiger partial charge in [0.05, 0.1) is 5.69 Å². The molecule has 1 saturated heterocycles. The molecule has 1 aromatic heterocycles. The molecule has 2 aliphatic rings. The van der Waals surface area contributed by atoms with Crippen LogP contribution in [0.5, 0.6) is 0 Å². The highest BCUT2D eigenvalue weighted by molar-refractivity contribution is 5.76. The molecule has 3 rings (SSSR count). The molecule has 1 aliphatic carbocycles. The van der Waals surface area contributed by atoms with Crippen molar-refractivity contribution in [3.05, 3.63) is 17.0 Å². The van der Waals surface area contributed by atoms with Crippen molar-refractivity contribution >= 4 is 5.91 Å². The lowest BCUT2D eigenvalue weighted by Gasteiger charge is -2.40. The molecule has 1 amide bonds. The second-order valence-corrected chi connectivity index (χ2v) is 7.01. The molecule has 0 atom stereocenters. The minimum absolute atomic E-state index is 0.272. The van der Waals surface area contributed by atoms with Crippen LogP contribution >= 0.6 is 0 Å². The third kappa shape index (κ3) is 3.94. The molecule has 0 bridgehead atoms. The highest BCUT2D eigenvalue weighted by Gasteiger charge is 2.27. The number of carbonyl (C=O) groups excluding carboxylic acids is 1. The van der Waals surface area contributed by atoms with E-state index in [0.29, 0.717) is 6.42 Å². The lowest BCUT2D eigenvalue weighted by molar-refractivity contribution is -0.133. The van der Waals surface area contributed by atoms with Crippen molar-refractivity contribution in [2.45, 2.75) is 64.8 Å². The molecule has 0 aromatic carbocycles. The van der Waals surface area contributed by atoms with Crippen molar-refractivity contribution in [3.63, 3.8) is 0 Å². The van der Waals surface area contributed by atoms with Gasteiger partial charge in [0, 0.05) is 44.2 Å². The number of rotatable bonds is 4. The number of amides is 1. The van der Waals surface area contributed by atoms with Gasteiger partial charge in [-0.2, -0.15) is 0 Å². The fourth-order valence-corrected chi connectivity index (χ4v) is 4.03. The highest BCUT2D eigenvalue weighted by Crippen LogP contribution is 2.23. The molecule has 1 saturated carbocycles. The third-order valence-electron chi connectivity index (χ3n) is 5.53. The van der Waals surface area contributed by atoms with Crippen LogP contribution in [0.2, 0.25) is 0 Å². The summed E-state index contributed by atoms with van der Waals surface area (Å²) in [6.07, 6.45) is 8.15. The number of hydrogen-bond acceptors (Lipinski definition) is 4. The van der Waals surface area contributed by atoms with Crippen molar-refractivity contribution < 1.29 is 9.32 Å². The zero-order chi connectivity index (χ0) is 16.2. The zero-order valence-electron chi connectivity index (χ0n) is 14.5. The van der Waals surface area contributed by atoms with Crippen molar-refractivity contribution in [2.75, 3.05) is 26.2 Å². The van der Waals surface area contributed by atoms with Gasteiger partial charge in [-0.1, -0.05) is 24.4 Å². The maximum Gasteiger partial charge on any atom is 0.222 e. The summed E-state index contributed by atoms with van der Waals surface area (Å²) in [6, 6.07) is 0.767. The van der Waals surface area contributed by atoms with E-state index in [0.717, 1.165) is 55.7 Å². The Balaban J connectivity index is 1.44. The summed E-state index contributed by atoms with van der Waals surface area (Å²) in [7, 11) is 0. The molecule has 0 N–H and O–H groups in total. The van der Waals surface area contributed by atoms with Gasteiger partial charge >= 0.3 is 0 Å². The summed E-state index contributed by atoms with van der Waals surface area (Å²) >= 11 is 0. The van der Waals surface area contributed by atoms with E-state index >= 15 is 0 Å². The van der Waals surface area contributed by atoms with Gasteiger partial charge in [0.2, 0.25) is 5.91 Å². The first-order valence-electron chi connectivity index (χ1n) is 9.08. The smallest absolute Gasteiger partial charge is 0.222 e. The van der Waals surface area contributed by atoms with E-state index < -0.39 is 0 Å². The monoisotopic (exact) mass is 319 g/mol. The lowest BCUT2D eigenvalue weighted by atomic mass is 9.94. The maximum absolute atomic E-state index is 12.5. The van der Waals surface area contributed by atoms with Gasteiger partial charge in [0.15, 0.2) is 0 Å². The third-order valence-corrected chi connectivity index (χ3v) is 5.53. The second kappa shape index (κ2) is 7.47. The van der Waals surface area contributed by atoms with E-state index in [1.807, 2.05) is 18.7 Å². The molecule has 23 heavy (non-hydrogen) atoms. The molecule has 0 spiro atoms. The number of piperazine rings is 1. The molecule has 128 valence electrons. The molecule has 1 aliphatic heterocycles. The Bertz CT molecular complexity index is 507. The molecule has 2 heterocycles. The minimum Gasteiger partial charge on any atom is -0.361 e. The lowest BCUT2D eigenvalue weighted by Crippen LogP contribution is -2.52. The van der Waals surface area contributed by atoms with Crippen LogP contribution in [-0.4, -0.2) is 53.1 Å². The Kier molecular flexibility index (Phi) is 5.36. The summed E-state index contributed by atoms with van der Waals surface area (Å²) in [6.45, 7) is 7.72. The zero-order valence-corrected chi connectivity index (χ0v) is 14.5. The van der Waals surface area contributed by atoms with Crippen LogP contribution in [0.25, 0.3) is 0 Å². The number of carbonyl (C=O) groups is 1. The molecular weight excluding hydrogens is 290 g/mol. The van der Waals surface area contributed by atoms with E-state index in [-0.39, 0.29) is 5.91 Å². The average Bonchev–Trinajstić information content (AvgIpc) is 2.92. The Labute approximate surface area is 139 Å². The van der Waals surface area contributed by atoms with E-state index in [2.05, 4.69) is 10.1 Å². The summed E-state index contributed by atoms with van der Waals surface area (Å²) in [5, 5.41) is 3.96. The van der Waals surface area contributed by atoms with Crippen molar-refractivity contribution in [1.29, 1.82) is 0 Å². The maximum atomic E-state index is 12.5. The number of aromatic nitrogens is 1. The van der Waals surface area contributed by atoms with Crippen LogP contribution in [0.3, 0.4) is 0 Å². The minimum atomic E-state index is 0.272. The van der Waals surface area contributed by atoms with Gasteiger partial charge in [0.1, 0.15) is 5.76 Å². The molecule has 0 unspecified atom stereocenters. The first-order valence-corrected chi connectivity index (χ1v) is 9.08. The van der Waals surface area contributed by atoms with Crippen LogP contribution in [0.1, 0.15) is 55.5 Å². The van der Waals surface area contributed by atoms with E-state index in [1.54, 1.807) is 0 Å². The van der Waals surface area contributed by atoms with Crippen molar-refractivity contribution in [1.82, 2.24) is 15.0 Å². The van der Waals surface area contributed by atoms with Crippen molar-refractivity contribution in [3.8, 4) is 0 Å². The topological polar surface area (TPSA) is 49.6 Å². The van der Waals surface area contributed by atoms with Crippen LogP contribution in [0.15, 0.2) is 4.52 Å². The van der Waals surface area contributed by atoms with Crippen LogP contribution in [0.4, 0.5) is 0 Å². The molecule has 0 radical (unpaired) electrons. The fraction of sp³-hybridized carbons (Fsp3) is 0.778. The first kappa shape index (κ1) is 16.5. The van der Waals surface area contributed by atoms with Crippen LogP contribution in [0, 0.1) is 13.8 Å². The van der Waals surface area contributed by atoms with Crippen LogP contribution < -0.4 is 0 Å². The molecule has 1 aromatic rings. The van der Waals surface area contributed by atoms with Gasteiger partial charge in [-0.15, -0.1) is 0 Å². The Morgan fingerprint density at radius 2 is 1.83 bits per heavy atom. The average molecular weight is 319 g/mol. The molecule has 5 heteroatoms. The molecule has 5 nitrogen and oxygen atoms in total. The van der Waals surface area contributed by atoms with Gasteiger partial charge in [-0.05, 0) is 33.1 Å². The van der Waals surface area contributed by atoms with Gasteiger partial charge in [-0.3, -0.25) is 9.69 Å². The Hall–Kier alpha value is -1.36. The predicted molar refractivity (Wildman–Crippen MR) is 89.3 cm³/mol. The van der Waals surface area contributed by atoms with E-state index in [9.17, 15) is 4.79 Å². The number of hydrogen-bond donors (Lipinski definition) is 0. The Morgan fingerprint density at radius 3 is 2.43 bits per heavy atom. The second-order valence-electron chi connectivity index (χ2n) is 7.01. The Morgan fingerprint density at radius 1 is 1.13 bits per heavy atom. The quantitative estimate of drug-likeness (QED) is 0.856. The number of aryl methyl sites for hydroxylation is 2. The predicted octanol–water partition coefficient (Wildman–Crippen LogP) is 2.70. The van der Waals surface area contributed by atoms with Crippen molar-refractivity contribution in [2.24, 2.45) is 0 Å². The molecular formula is C18H29N3O2. The largest absolute Gasteiger partial charge is 0.361 e.